The number of carbonyl (C=O) groups excluding carboxylic acids is 1. The van der Waals surface area contributed by atoms with Crippen LogP contribution in [0.3, 0.4) is 0 Å². The number of alkyl halides is 3. The number of nitrogens with zero attached hydrogens (tertiary/aromatic N) is 1. The molecule has 2 atom stereocenters. The molecule has 0 aliphatic carbocycles. The second-order valence-electron chi connectivity index (χ2n) is 7.80. The largest absolute Gasteiger partial charge is 0.573 e. The summed E-state index contributed by atoms with van der Waals surface area (Å²) < 4.78 is 61.8. The van der Waals surface area contributed by atoms with Crippen molar-refractivity contribution in [3.05, 3.63) is 89.0 Å². The van der Waals surface area contributed by atoms with E-state index in [9.17, 15) is 27.5 Å². The van der Waals surface area contributed by atoms with Gasteiger partial charge in [0, 0.05) is 18.2 Å². The summed E-state index contributed by atoms with van der Waals surface area (Å²) in [5.74, 6) is -2.39. The van der Waals surface area contributed by atoms with Gasteiger partial charge >= 0.3 is 6.36 Å². The van der Waals surface area contributed by atoms with E-state index in [1.807, 2.05) is 0 Å². The number of nitrogens with one attached hydrogen (secondary N) is 1. The van der Waals surface area contributed by atoms with Crippen molar-refractivity contribution in [3.8, 4) is 11.5 Å². The van der Waals surface area contributed by atoms with Gasteiger partial charge in [-0.15, -0.1) is 13.2 Å². The second kappa shape index (κ2) is 8.94. The highest BCUT2D eigenvalue weighted by Gasteiger charge is 2.43. The molecular formula is C24H20F4N2O4. The summed E-state index contributed by atoms with van der Waals surface area (Å²) in [4.78, 5) is 17.6. The molecule has 10 heteroatoms. The molecule has 0 saturated heterocycles. The number of ether oxygens (including phenoxy) is 2. The van der Waals surface area contributed by atoms with E-state index in [1.54, 1.807) is 31.2 Å². The summed E-state index contributed by atoms with van der Waals surface area (Å²) in [6.07, 6.45) is -4.15. The number of halogens is 4. The van der Waals surface area contributed by atoms with Gasteiger partial charge in [0.05, 0.1) is 12.7 Å². The first-order valence-corrected chi connectivity index (χ1v) is 10.3. The van der Waals surface area contributed by atoms with Crippen LogP contribution in [0.2, 0.25) is 0 Å². The van der Waals surface area contributed by atoms with Gasteiger partial charge in [-0.3, -0.25) is 9.78 Å². The van der Waals surface area contributed by atoms with Gasteiger partial charge in [0.1, 0.15) is 17.0 Å². The van der Waals surface area contributed by atoms with Gasteiger partial charge in [0.25, 0.3) is 5.91 Å². The molecule has 34 heavy (non-hydrogen) atoms. The number of amides is 1. The maximum atomic E-state index is 14.6. The van der Waals surface area contributed by atoms with E-state index in [0.29, 0.717) is 17.0 Å². The molecule has 1 aromatic heterocycles. The van der Waals surface area contributed by atoms with Gasteiger partial charge in [-0.05, 0) is 54.4 Å². The van der Waals surface area contributed by atoms with Crippen molar-refractivity contribution in [2.24, 2.45) is 0 Å². The van der Waals surface area contributed by atoms with Crippen molar-refractivity contribution in [3.63, 3.8) is 0 Å². The van der Waals surface area contributed by atoms with Crippen LogP contribution in [0, 0.1) is 5.82 Å². The summed E-state index contributed by atoms with van der Waals surface area (Å²) in [5, 5.41) is 12.6. The molecule has 1 amide bonds. The zero-order valence-corrected chi connectivity index (χ0v) is 17.9. The standard InChI is InChI=1S/C24H20F4N2O4/c1-14(31)15-4-6-16(7-5-15)22(32)30-23(10-12-33-20-3-2-11-29-21(20)23)17-8-9-19(18(25)13-17)34-24(26,27)28/h2-9,11,13-14,31H,10,12H2,1H3,(H,30,32)/t14-,23+/m1/s1. The lowest BCUT2D eigenvalue weighted by atomic mass is 9.81. The molecule has 2 heterocycles. The zero-order chi connectivity index (χ0) is 24.5. The molecule has 0 spiro atoms. The summed E-state index contributed by atoms with van der Waals surface area (Å²) in [6.45, 7) is 1.73. The minimum atomic E-state index is -5.06. The van der Waals surface area contributed by atoms with Crippen LogP contribution >= 0.6 is 0 Å². The SMILES string of the molecule is C[C@@H](O)c1ccc(C(=O)N[C@]2(c3ccc(OC(F)(F)F)c(F)c3)CCOc3cccnc32)cc1. The molecule has 0 bridgehead atoms. The van der Waals surface area contributed by atoms with E-state index >= 15 is 0 Å². The molecule has 3 aromatic rings. The predicted molar refractivity (Wildman–Crippen MR) is 113 cm³/mol. The highest BCUT2D eigenvalue weighted by Crippen LogP contribution is 2.42. The van der Waals surface area contributed by atoms with E-state index in [0.717, 1.165) is 12.1 Å². The van der Waals surface area contributed by atoms with Crippen LogP contribution in [0.5, 0.6) is 11.5 Å². The quantitative estimate of drug-likeness (QED) is 0.525. The van der Waals surface area contributed by atoms with Crippen LogP contribution in [0.4, 0.5) is 17.6 Å². The fraction of sp³-hybridized carbons (Fsp3) is 0.250. The number of aliphatic hydroxyl groups excluding tert-OH is 1. The number of pyridine rings is 1. The number of rotatable bonds is 5. The van der Waals surface area contributed by atoms with Crippen LogP contribution in [0.15, 0.2) is 60.8 Å². The van der Waals surface area contributed by atoms with Gasteiger partial charge in [-0.2, -0.15) is 0 Å². The van der Waals surface area contributed by atoms with Gasteiger partial charge in [-0.1, -0.05) is 18.2 Å². The lowest BCUT2D eigenvalue weighted by Crippen LogP contribution is -2.50. The second-order valence-corrected chi connectivity index (χ2v) is 7.80. The van der Waals surface area contributed by atoms with E-state index in [1.165, 1.54) is 24.4 Å². The molecule has 2 N–H and O–H groups in total. The van der Waals surface area contributed by atoms with Crippen molar-refractivity contribution in [2.45, 2.75) is 31.3 Å². The number of hydrogen-bond acceptors (Lipinski definition) is 5. The summed E-state index contributed by atoms with van der Waals surface area (Å²) >= 11 is 0. The van der Waals surface area contributed by atoms with E-state index in [2.05, 4.69) is 15.0 Å². The first kappa shape index (κ1) is 23.5. The molecular weight excluding hydrogens is 456 g/mol. The Bertz CT molecular complexity index is 1200. The molecule has 178 valence electrons. The fourth-order valence-electron chi connectivity index (χ4n) is 3.89. The Morgan fingerprint density at radius 1 is 1.21 bits per heavy atom. The lowest BCUT2D eigenvalue weighted by Gasteiger charge is -2.39. The van der Waals surface area contributed by atoms with Crippen LogP contribution < -0.4 is 14.8 Å². The average Bonchev–Trinajstić information content (AvgIpc) is 2.79. The maximum Gasteiger partial charge on any atom is 0.573 e. The molecule has 0 radical (unpaired) electrons. The third-order valence-corrected chi connectivity index (χ3v) is 5.54. The average molecular weight is 476 g/mol. The molecule has 6 nitrogen and oxygen atoms in total. The highest BCUT2D eigenvalue weighted by atomic mass is 19.4. The number of aromatic nitrogens is 1. The Morgan fingerprint density at radius 2 is 1.94 bits per heavy atom. The van der Waals surface area contributed by atoms with Crippen molar-refractivity contribution < 1.29 is 36.9 Å². The minimum absolute atomic E-state index is 0.141. The van der Waals surface area contributed by atoms with Crippen LogP contribution in [-0.2, 0) is 5.54 Å². The number of aliphatic hydroxyl groups is 1. The topological polar surface area (TPSA) is 80.7 Å². The maximum absolute atomic E-state index is 14.6. The number of benzene rings is 2. The summed E-state index contributed by atoms with van der Waals surface area (Å²) in [7, 11) is 0. The normalized spacial score (nSPS) is 18.4. The summed E-state index contributed by atoms with van der Waals surface area (Å²) in [6, 6.07) is 12.5. The van der Waals surface area contributed by atoms with Crippen molar-refractivity contribution in [1.29, 1.82) is 0 Å². The number of fused-ring (bicyclic) bond motifs is 1. The Morgan fingerprint density at radius 3 is 2.59 bits per heavy atom. The van der Waals surface area contributed by atoms with Crippen LogP contribution in [0.1, 0.15) is 46.6 Å². The Labute approximate surface area is 192 Å². The van der Waals surface area contributed by atoms with Gasteiger partial charge in [0.2, 0.25) is 0 Å². The first-order valence-electron chi connectivity index (χ1n) is 10.3. The third-order valence-electron chi connectivity index (χ3n) is 5.54. The molecule has 2 aromatic carbocycles. The van der Waals surface area contributed by atoms with E-state index in [4.69, 9.17) is 4.74 Å². The third kappa shape index (κ3) is 4.67. The smallest absolute Gasteiger partial charge is 0.491 e. The van der Waals surface area contributed by atoms with Gasteiger partial charge in [-0.25, -0.2) is 4.39 Å². The molecule has 1 aliphatic heterocycles. The van der Waals surface area contributed by atoms with Crippen molar-refractivity contribution in [1.82, 2.24) is 10.3 Å². The number of carbonyl (C=O) groups is 1. The van der Waals surface area contributed by atoms with E-state index < -0.39 is 35.5 Å². The zero-order valence-electron chi connectivity index (χ0n) is 17.9. The lowest BCUT2D eigenvalue weighted by molar-refractivity contribution is -0.275. The molecule has 1 aliphatic rings. The van der Waals surface area contributed by atoms with Crippen LogP contribution in [0.25, 0.3) is 0 Å². The predicted octanol–water partition coefficient (Wildman–Crippen LogP) is 4.63. The Hall–Kier alpha value is -3.66. The fourth-order valence-corrected chi connectivity index (χ4v) is 3.89. The Balaban J connectivity index is 1.77. The molecule has 0 fully saturated rings. The molecule has 0 unspecified atom stereocenters. The van der Waals surface area contributed by atoms with Crippen molar-refractivity contribution in [2.75, 3.05) is 6.61 Å². The van der Waals surface area contributed by atoms with Gasteiger partial charge in [0.15, 0.2) is 11.6 Å². The first-order chi connectivity index (χ1) is 16.1. The Kier molecular flexibility index (Phi) is 6.18. The highest BCUT2D eigenvalue weighted by molar-refractivity contribution is 5.95. The minimum Gasteiger partial charge on any atom is -0.491 e. The molecule has 4 rings (SSSR count). The van der Waals surface area contributed by atoms with E-state index in [-0.39, 0.29) is 24.2 Å². The monoisotopic (exact) mass is 476 g/mol. The van der Waals surface area contributed by atoms with Crippen molar-refractivity contribution >= 4 is 5.91 Å². The summed E-state index contributed by atoms with van der Waals surface area (Å²) in [5.41, 5.74) is -0.0281. The van der Waals surface area contributed by atoms with Gasteiger partial charge < -0.3 is 19.9 Å². The number of hydrogen-bond donors (Lipinski definition) is 2. The molecule has 0 saturated carbocycles. The van der Waals surface area contributed by atoms with Crippen LogP contribution in [-0.4, -0.2) is 29.0 Å².